The van der Waals surface area contributed by atoms with Crippen LogP contribution in [0.4, 0.5) is 0 Å². The lowest BCUT2D eigenvalue weighted by atomic mass is 10.3. The van der Waals surface area contributed by atoms with Crippen LogP contribution >= 0.6 is 0 Å². The zero-order chi connectivity index (χ0) is 12.4. The van der Waals surface area contributed by atoms with Crippen molar-refractivity contribution < 1.29 is 4.79 Å². The van der Waals surface area contributed by atoms with E-state index >= 15 is 0 Å². The number of amides is 1. The summed E-state index contributed by atoms with van der Waals surface area (Å²) in [4.78, 5) is 25.1. The summed E-state index contributed by atoms with van der Waals surface area (Å²) in [6.07, 6.45) is 1.43. The molecule has 1 aromatic carbocycles. The van der Waals surface area contributed by atoms with Crippen LogP contribution in [-0.2, 0) is 0 Å². The van der Waals surface area contributed by atoms with Crippen LogP contribution in [-0.4, -0.2) is 34.7 Å². The van der Waals surface area contributed by atoms with Crippen LogP contribution in [0.15, 0.2) is 41.3 Å². The minimum Gasteiger partial charge on any atom is -0.345 e. The summed E-state index contributed by atoms with van der Waals surface area (Å²) in [5, 5.41) is 2.78. The third-order valence-electron chi connectivity index (χ3n) is 2.42. The summed E-state index contributed by atoms with van der Waals surface area (Å²) < 4.78 is 1.34. The van der Waals surface area contributed by atoms with Gasteiger partial charge in [-0.2, -0.15) is 0 Å². The fourth-order valence-electron chi connectivity index (χ4n) is 1.53. The summed E-state index contributed by atoms with van der Waals surface area (Å²) in [6, 6.07) is 9.11. The van der Waals surface area contributed by atoms with Gasteiger partial charge in [0.05, 0.1) is 5.69 Å². The van der Waals surface area contributed by atoms with Crippen molar-refractivity contribution in [1.29, 1.82) is 0 Å². The normalized spacial score (nSPS) is 10.2. The first kappa shape index (κ1) is 11.2. The Labute approximate surface area is 98.3 Å². The molecule has 0 aliphatic carbocycles. The molecule has 0 saturated heterocycles. The molecule has 17 heavy (non-hydrogen) atoms. The molecule has 1 N–H and O–H groups in total. The zero-order valence-corrected chi connectivity index (χ0v) is 9.68. The van der Waals surface area contributed by atoms with Crippen molar-refractivity contribution in [3.05, 3.63) is 52.4 Å². The van der Waals surface area contributed by atoms with Gasteiger partial charge in [-0.25, -0.2) is 4.68 Å². The Morgan fingerprint density at radius 3 is 2.47 bits per heavy atom. The number of rotatable bonds is 2. The van der Waals surface area contributed by atoms with Gasteiger partial charge >= 0.3 is 0 Å². The monoisotopic (exact) mass is 231 g/mol. The quantitative estimate of drug-likeness (QED) is 0.833. The SMILES string of the molecule is CN(C)C(=O)c1c[nH]n(-c2ccccc2)c1=O. The number of nitrogens with zero attached hydrogens (tertiary/aromatic N) is 2. The average molecular weight is 231 g/mol. The Balaban J connectivity index is 2.48. The highest BCUT2D eigenvalue weighted by Crippen LogP contribution is 2.03. The number of nitrogens with one attached hydrogen (secondary N) is 1. The molecule has 0 spiro atoms. The number of hydrogen-bond acceptors (Lipinski definition) is 2. The number of aromatic amines is 1. The smallest absolute Gasteiger partial charge is 0.284 e. The van der Waals surface area contributed by atoms with E-state index in [1.807, 2.05) is 18.2 Å². The van der Waals surface area contributed by atoms with Crippen LogP contribution in [0.2, 0.25) is 0 Å². The van der Waals surface area contributed by atoms with Gasteiger partial charge in [0.1, 0.15) is 5.56 Å². The number of carbonyl (C=O) groups excluding carboxylic acids is 1. The number of para-hydroxylation sites is 1. The van der Waals surface area contributed by atoms with Gasteiger partial charge in [-0.1, -0.05) is 18.2 Å². The molecule has 0 fully saturated rings. The summed E-state index contributed by atoms with van der Waals surface area (Å²) in [6.45, 7) is 0. The van der Waals surface area contributed by atoms with Crippen molar-refractivity contribution >= 4 is 5.91 Å². The van der Waals surface area contributed by atoms with E-state index in [1.54, 1.807) is 26.2 Å². The molecule has 5 heteroatoms. The molecule has 0 unspecified atom stereocenters. The van der Waals surface area contributed by atoms with E-state index in [-0.39, 0.29) is 17.0 Å². The maximum atomic E-state index is 12.0. The van der Waals surface area contributed by atoms with Crippen LogP contribution in [0.25, 0.3) is 5.69 Å². The number of H-pyrrole nitrogens is 1. The van der Waals surface area contributed by atoms with Crippen molar-refractivity contribution in [3.63, 3.8) is 0 Å². The third-order valence-corrected chi connectivity index (χ3v) is 2.42. The highest BCUT2D eigenvalue weighted by atomic mass is 16.2. The van der Waals surface area contributed by atoms with E-state index in [2.05, 4.69) is 5.10 Å². The molecule has 0 bridgehead atoms. The number of carbonyl (C=O) groups is 1. The molecular weight excluding hydrogens is 218 g/mol. The predicted octanol–water partition coefficient (Wildman–Crippen LogP) is 0.867. The van der Waals surface area contributed by atoms with E-state index in [1.165, 1.54) is 15.8 Å². The second-order valence-electron chi connectivity index (χ2n) is 3.86. The standard InChI is InChI=1S/C12H13N3O2/c1-14(2)11(16)10-8-13-15(12(10)17)9-6-4-3-5-7-9/h3-8,13H,1-2H3. The molecule has 0 atom stereocenters. The van der Waals surface area contributed by atoms with Crippen molar-refractivity contribution in [2.45, 2.75) is 0 Å². The van der Waals surface area contributed by atoms with Crippen molar-refractivity contribution in [1.82, 2.24) is 14.7 Å². The van der Waals surface area contributed by atoms with Gasteiger partial charge in [0.25, 0.3) is 11.5 Å². The van der Waals surface area contributed by atoms with Gasteiger partial charge < -0.3 is 4.90 Å². The van der Waals surface area contributed by atoms with Crippen LogP contribution in [0, 0.1) is 0 Å². The Hall–Kier alpha value is -2.30. The Bertz CT molecular complexity index is 581. The van der Waals surface area contributed by atoms with E-state index in [0.29, 0.717) is 5.69 Å². The molecule has 0 radical (unpaired) electrons. The lowest BCUT2D eigenvalue weighted by Gasteiger charge is -2.06. The predicted molar refractivity (Wildman–Crippen MR) is 64.4 cm³/mol. The van der Waals surface area contributed by atoms with Crippen molar-refractivity contribution in [2.75, 3.05) is 14.1 Å². The molecule has 0 aliphatic heterocycles. The topological polar surface area (TPSA) is 58.1 Å². The largest absolute Gasteiger partial charge is 0.345 e. The van der Waals surface area contributed by atoms with Crippen LogP contribution in [0.3, 0.4) is 0 Å². The highest BCUT2D eigenvalue weighted by molar-refractivity contribution is 5.93. The van der Waals surface area contributed by atoms with Gasteiger partial charge in [-0.15, -0.1) is 0 Å². The highest BCUT2D eigenvalue weighted by Gasteiger charge is 2.16. The summed E-state index contributed by atoms with van der Waals surface area (Å²) >= 11 is 0. The molecule has 1 heterocycles. The molecule has 0 saturated carbocycles. The van der Waals surface area contributed by atoms with Gasteiger partial charge in [-0.3, -0.25) is 14.7 Å². The maximum absolute atomic E-state index is 12.0. The van der Waals surface area contributed by atoms with Gasteiger partial charge in [0.2, 0.25) is 0 Å². The van der Waals surface area contributed by atoms with Crippen LogP contribution < -0.4 is 5.56 Å². The Kier molecular flexibility index (Phi) is 2.82. The van der Waals surface area contributed by atoms with Gasteiger partial charge in [0.15, 0.2) is 0 Å². The number of hydrogen-bond donors (Lipinski definition) is 1. The van der Waals surface area contributed by atoms with Crippen LogP contribution in [0.1, 0.15) is 10.4 Å². The fourth-order valence-corrected chi connectivity index (χ4v) is 1.53. The van der Waals surface area contributed by atoms with Gasteiger partial charge in [-0.05, 0) is 12.1 Å². The van der Waals surface area contributed by atoms with Crippen molar-refractivity contribution in [3.8, 4) is 5.69 Å². The first-order chi connectivity index (χ1) is 8.11. The lowest BCUT2D eigenvalue weighted by molar-refractivity contribution is 0.0826. The Morgan fingerprint density at radius 2 is 1.88 bits per heavy atom. The third kappa shape index (κ3) is 1.99. The minimum atomic E-state index is -0.338. The zero-order valence-electron chi connectivity index (χ0n) is 9.68. The molecule has 1 aromatic heterocycles. The molecule has 5 nitrogen and oxygen atoms in total. The molecule has 2 aromatic rings. The molecule has 88 valence electrons. The summed E-state index contributed by atoms with van der Waals surface area (Å²) in [5.41, 5.74) is 0.504. The summed E-state index contributed by atoms with van der Waals surface area (Å²) in [5.74, 6) is -0.305. The molecule has 0 aliphatic rings. The van der Waals surface area contributed by atoms with Crippen molar-refractivity contribution in [2.24, 2.45) is 0 Å². The number of benzene rings is 1. The minimum absolute atomic E-state index is 0.138. The van der Waals surface area contributed by atoms with Gasteiger partial charge in [0, 0.05) is 20.3 Å². The van der Waals surface area contributed by atoms with E-state index in [9.17, 15) is 9.59 Å². The summed E-state index contributed by atoms with van der Waals surface area (Å²) in [7, 11) is 3.23. The molecule has 1 amide bonds. The van der Waals surface area contributed by atoms with E-state index in [4.69, 9.17) is 0 Å². The first-order valence-electron chi connectivity index (χ1n) is 5.19. The average Bonchev–Trinajstić information content (AvgIpc) is 2.71. The van der Waals surface area contributed by atoms with E-state index < -0.39 is 0 Å². The van der Waals surface area contributed by atoms with Crippen LogP contribution in [0.5, 0.6) is 0 Å². The first-order valence-corrected chi connectivity index (χ1v) is 5.19. The Morgan fingerprint density at radius 1 is 1.24 bits per heavy atom. The second-order valence-corrected chi connectivity index (χ2v) is 3.86. The second kappa shape index (κ2) is 4.29. The maximum Gasteiger partial charge on any atom is 0.284 e. The lowest BCUT2D eigenvalue weighted by Crippen LogP contribution is -2.28. The molecule has 2 rings (SSSR count). The van der Waals surface area contributed by atoms with E-state index in [0.717, 1.165) is 0 Å². The number of aromatic nitrogens is 2. The fraction of sp³-hybridized carbons (Fsp3) is 0.167. The molecular formula is C12H13N3O2.